The normalized spacial score (nSPS) is 10.2. The molecule has 0 aliphatic heterocycles. The van der Waals surface area contributed by atoms with Gasteiger partial charge in [0.2, 0.25) is 0 Å². The highest BCUT2D eigenvalue weighted by Gasteiger charge is 2.11. The van der Waals surface area contributed by atoms with Gasteiger partial charge in [-0.15, -0.1) is 0 Å². The van der Waals surface area contributed by atoms with Crippen LogP contribution in [0.25, 0.3) is 0 Å². The fraction of sp³-hybridized carbons (Fsp3) is 0. The summed E-state index contributed by atoms with van der Waals surface area (Å²) in [7, 11) is 0. The molecule has 104 valence electrons. The molecule has 7 heteroatoms. The highest BCUT2D eigenvalue weighted by molar-refractivity contribution is 6.40. The number of urea groups is 1. The van der Waals surface area contributed by atoms with Crippen molar-refractivity contribution in [1.82, 2.24) is 0 Å². The van der Waals surface area contributed by atoms with E-state index in [1.54, 1.807) is 24.3 Å². The predicted octanol–water partition coefficient (Wildman–Crippen LogP) is 4.87. The minimum Gasteiger partial charge on any atom is -0.399 e. The summed E-state index contributed by atoms with van der Waals surface area (Å²) in [6.07, 6.45) is 0. The van der Waals surface area contributed by atoms with E-state index in [0.29, 0.717) is 22.1 Å². The van der Waals surface area contributed by atoms with E-state index in [-0.39, 0.29) is 10.0 Å². The first-order valence-corrected chi connectivity index (χ1v) is 6.67. The molecular weight excluding hydrogens is 321 g/mol. The molecule has 4 nitrogen and oxygen atoms in total. The molecule has 0 unspecified atom stereocenters. The summed E-state index contributed by atoms with van der Waals surface area (Å²) in [5.74, 6) is 0. The van der Waals surface area contributed by atoms with Gasteiger partial charge in [0.05, 0.1) is 15.7 Å². The van der Waals surface area contributed by atoms with Gasteiger partial charge in [-0.25, -0.2) is 4.79 Å². The first-order valence-electron chi connectivity index (χ1n) is 5.54. The Morgan fingerprint density at radius 1 is 1.00 bits per heavy atom. The van der Waals surface area contributed by atoms with E-state index in [0.717, 1.165) is 0 Å². The van der Waals surface area contributed by atoms with E-state index in [1.807, 2.05) is 0 Å². The number of nitrogens with one attached hydrogen (secondary N) is 2. The van der Waals surface area contributed by atoms with Gasteiger partial charge < -0.3 is 16.4 Å². The van der Waals surface area contributed by atoms with Crippen molar-refractivity contribution in [2.24, 2.45) is 0 Å². The van der Waals surface area contributed by atoms with Gasteiger partial charge in [-0.1, -0.05) is 40.9 Å². The molecule has 4 N–H and O–H groups in total. The minimum atomic E-state index is -0.485. The first kappa shape index (κ1) is 14.8. The van der Waals surface area contributed by atoms with E-state index in [4.69, 9.17) is 40.5 Å². The molecule has 20 heavy (non-hydrogen) atoms. The number of halogens is 3. The summed E-state index contributed by atoms with van der Waals surface area (Å²) in [5.41, 5.74) is 6.85. The van der Waals surface area contributed by atoms with Crippen molar-refractivity contribution in [2.75, 3.05) is 16.4 Å². The topological polar surface area (TPSA) is 67.1 Å². The van der Waals surface area contributed by atoms with Gasteiger partial charge in [0.15, 0.2) is 0 Å². The molecule has 0 aliphatic rings. The van der Waals surface area contributed by atoms with Gasteiger partial charge >= 0.3 is 6.03 Å². The number of benzene rings is 2. The Kier molecular flexibility index (Phi) is 4.60. The Balaban J connectivity index is 2.13. The Labute approximate surface area is 130 Å². The fourth-order valence-corrected chi connectivity index (χ4v) is 2.34. The Hall–Kier alpha value is -1.62. The Morgan fingerprint density at radius 2 is 1.65 bits per heavy atom. The third kappa shape index (κ3) is 3.70. The second-order valence-electron chi connectivity index (χ2n) is 3.95. The van der Waals surface area contributed by atoms with Crippen LogP contribution in [-0.2, 0) is 0 Å². The lowest BCUT2D eigenvalue weighted by Gasteiger charge is -2.11. The number of anilines is 3. The molecule has 2 aromatic carbocycles. The average molecular weight is 331 g/mol. The summed E-state index contributed by atoms with van der Waals surface area (Å²) >= 11 is 17.8. The van der Waals surface area contributed by atoms with E-state index < -0.39 is 6.03 Å². The quantitative estimate of drug-likeness (QED) is 0.687. The smallest absolute Gasteiger partial charge is 0.323 e. The number of carbonyl (C=O) groups is 1. The van der Waals surface area contributed by atoms with E-state index in [1.165, 1.54) is 12.1 Å². The summed E-state index contributed by atoms with van der Waals surface area (Å²) in [4.78, 5) is 11.9. The van der Waals surface area contributed by atoms with Crippen LogP contribution in [0.2, 0.25) is 15.1 Å². The van der Waals surface area contributed by atoms with E-state index >= 15 is 0 Å². The average Bonchev–Trinajstić information content (AvgIpc) is 2.33. The largest absolute Gasteiger partial charge is 0.399 e. The molecule has 0 aromatic heterocycles. The molecule has 0 radical (unpaired) electrons. The van der Waals surface area contributed by atoms with Gasteiger partial charge in [-0.2, -0.15) is 0 Å². The zero-order valence-corrected chi connectivity index (χ0v) is 12.4. The van der Waals surface area contributed by atoms with Crippen LogP contribution in [0.1, 0.15) is 0 Å². The molecule has 2 amide bonds. The van der Waals surface area contributed by atoms with Crippen molar-refractivity contribution in [3.05, 3.63) is 51.5 Å². The number of nitrogen functional groups attached to an aromatic ring is 1. The van der Waals surface area contributed by atoms with Gasteiger partial charge in [0.1, 0.15) is 0 Å². The summed E-state index contributed by atoms with van der Waals surface area (Å²) in [5, 5.41) is 6.22. The van der Waals surface area contributed by atoms with Crippen LogP contribution in [0.3, 0.4) is 0 Å². The van der Waals surface area contributed by atoms with E-state index in [2.05, 4.69) is 10.6 Å². The van der Waals surface area contributed by atoms with Crippen molar-refractivity contribution < 1.29 is 4.79 Å². The maximum Gasteiger partial charge on any atom is 0.323 e. The first-order chi connectivity index (χ1) is 9.45. The molecule has 0 spiro atoms. The molecule has 0 atom stereocenters. The third-order valence-electron chi connectivity index (χ3n) is 2.39. The maximum atomic E-state index is 11.9. The van der Waals surface area contributed by atoms with Crippen LogP contribution in [0.4, 0.5) is 21.9 Å². The number of hydrogen-bond donors (Lipinski definition) is 3. The standard InChI is InChI=1S/C13H10Cl3N3O/c14-7-2-1-3-9(4-7)18-13(20)19-12-10(15)5-8(17)6-11(12)16/h1-6H,17H2,(H2,18,19,20). The molecule has 0 bridgehead atoms. The summed E-state index contributed by atoms with van der Waals surface area (Å²) in [6.45, 7) is 0. The van der Waals surface area contributed by atoms with Crippen LogP contribution in [-0.4, -0.2) is 6.03 Å². The Bertz CT molecular complexity index is 638. The van der Waals surface area contributed by atoms with Gasteiger partial charge in [0.25, 0.3) is 0 Å². The second-order valence-corrected chi connectivity index (χ2v) is 5.20. The second kappa shape index (κ2) is 6.22. The lowest BCUT2D eigenvalue weighted by atomic mass is 10.3. The summed E-state index contributed by atoms with van der Waals surface area (Å²) < 4.78 is 0. The van der Waals surface area contributed by atoms with Gasteiger partial charge in [0, 0.05) is 16.4 Å². The number of carbonyl (C=O) groups excluding carboxylic acids is 1. The van der Waals surface area contributed by atoms with Crippen molar-refractivity contribution in [1.29, 1.82) is 0 Å². The lowest BCUT2D eigenvalue weighted by molar-refractivity contribution is 0.262. The predicted molar refractivity (Wildman–Crippen MR) is 85.0 cm³/mol. The van der Waals surface area contributed by atoms with Crippen molar-refractivity contribution in [3.63, 3.8) is 0 Å². The SMILES string of the molecule is Nc1cc(Cl)c(NC(=O)Nc2cccc(Cl)c2)c(Cl)c1. The molecule has 0 aliphatic carbocycles. The van der Waals surface area contributed by atoms with Crippen molar-refractivity contribution >= 4 is 57.9 Å². The van der Waals surface area contributed by atoms with Crippen LogP contribution in [0.5, 0.6) is 0 Å². The molecule has 2 rings (SSSR count). The van der Waals surface area contributed by atoms with Crippen LogP contribution in [0, 0.1) is 0 Å². The van der Waals surface area contributed by atoms with Gasteiger partial charge in [-0.3, -0.25) is 0 Å². The van der Waals surface area contributed by atoms with E-state index in [9.17, 15) is 4.79 Å². The van der Waals surface area contributed by atoms with Crippen molar-refractivity contribution in [2.45, 2.75) is 0 Å². The van der Waals surface area contributed by atoms with Gasteiger partial charge in [-0.05, 0) is 30.3 Å². The monoisotopic (exact) mass is 329 g/mol. The zero-order valence-electron chi connectivity index (χ0n) is 10.1. The third-order valence-corrected chi connectivity index (χ3v) is 3.22. The lowest BCUT2D eigenvalue weighted by Crippen LogP contribution is -2.19. The molecular formula is C13H10Cl3N3O. The number of amides is 2. The highest BCUT2D eigenvalue weighted by atomic mass is 35.5. The van der Waals surface area contributed by atoms with Crippen molar-refractivity contribution in [3.8, 4) is 0 Å². The Morgan fingerprint density at radius 3 is 2.25 bits per heavy atom. The number of hydrogen-bond acceptors (Lipinski definition) is 2. The van der Waals surface area contributed by atoms with Crippen LogP contribution >= 0.6 is 34.8 Å². The molecule has 2 aromatic rings. The minimum absolute atomic E-state index is 0.260. The maximum absolute atomic E-state index is 11.9. The fourth-order valence-electron chi connectivity index (χ4n) is 1.55. The zero-order chi connectivity index (χ0) is 14.7. The molecule has 0 saturated heterocycles. The van der Waals surface area contributed by atoms with Crippen LogP contribution in [0.15, 0.2) is 36.4 Å². The number of nitrogens with two attached hydrogens (primary N) is 1. The molecule has 0 saturated carbocycles. The highest BCUT2D eigenvalue weighted by Crippen LogP contribution is 2.32. The molecule has 0 fully saturated rings. The molecule has 0 heterocycles. The summed E-state index contributed by atoms with van der Waals surface area (Å²) in [6, 6.07) is 9.27. The van der Waals surface area contributed by atoms with Crippen LogP contribution < -0.4 is 16.4 Å². The number of rotatable bonds is 2.